The van der Waals surface area contributed by atoms with Crippen LogP contribution in [0, 0.1) is 23.7 Å². The van der Waals surface area contributed by atoms with Gasteiger partial charge in [0.15, 0.2) is 6.29 Å². The lowest BCUT2D eigenvalue weighted by molar-refractivity contribution is -0.235. The van der Waals surface area contributed by atoms with Crippen LogP contribution in [0.15, 0.2) is 11.6 Å². The van der Waals surface area contributed by atoms with Crippen molar-refractivity contribution in [1.82, 2.24) is 0 Å². The van der Waals surface area contributed by atoms with Crippen molar-refractivity contribution in [1.29, 1.82) is 0 Å². The first-order valence-electron chi connectivity index (χ1n) is 6.48. The van der Waals surface area contributed by atoms with E-state index in [2.05, 4.69) is 33.8 Å². The molecule has 0 amide bonds. The Labute approximate surface area is 99.0 Å². The highest BCUT2D eigenvalue weighted by Gasteiger charge is 2.36. The van der Waals surface area contributed by atoms with E-state index in [4.69, 9.17) is 9.47 Å². The lowest BCUT2D eigenvalue weighted by Gasteiger charge is -2.40. The van der Waals surface area contributed by atoms with Crippen LogP contribution >= 0.6 is 0 Å². The van der Waals surface area contributed by atoms with Crippen molar-refractivity contribution in [3.8, 4) is 0 Å². The summed E-state index contributed by atoms with van der Waals surface area (Å²) in [4.78, 5) is 0. The fourth-order valence-corrected chi connectivity index (χ4v) is 3.14. The van der Waals surface area contributed by atoms with Crippen LogP contribution in [0.5, 0.6) is 0 Å². The molecule has 2 heteroatoms. The van der Waals surface area contributed by atoms with Gasteiger partial charge in [-0.3, -0.25) is 0 Å². The van der Waals surface area contributed by atoms with E-state index >= 15 is 0 Å². The van der Waals surface area contributed by atoms with Crippen LogP contribution < -0.4 is 0 Å². The zero-order chi connectivity index (χ0) is 11.7. The smallest absolute Gasteiger partial charge is 0.161 e. The van der Waals surface area contributed by atoms with E-state index in [9.17, 15) is 0 Å². The second kappa shape index (κ2) is 4.89. The molecule has 1 aliphatic heterocycles. The van der Waals surface area contributed by atoms with Gasteiger partial charge in [0.2, 0.25) is 0 Å². The molecule has 92 valence electrons. The summed E-state index contributed by atoms with van der Waals surface area (Å²) in [5, 5.41) is 0. The summed E-state index contributed by atoms with van der Waals surface area (Å²) >= 11 is 0. The zero-order valence-corrected chi connectivity index (χ0v) is 10.9. The van der Waals surface area contributed by atoms with Crippen LogP contribution in [0.2, 0.25) is 0 Å². The molecule has 0 N–H and O–H groups in total. The molecule has 1 heterocycles. The highest BCUT2D eigenvalue weighted by atomic mass is 16.7. The van der Waals surface area contributed by atoms with Gasteiger partial charge in [0.05, 0.1) is 13.2 Å². The lowest BCUT2D eigenvalue weighted by atomic mass is 9.74. The lowest BCUT2D eigenvalue weighted by Crippen LogP contribution is -2.42. The molecule has 0 aromatic heterocycles. The third kappa shape index (κ3) is 2.49. The van der Waals surface area contributed by atoms with Crippen molar-refractivity contribution in [2.45, 2.75) is 40.4 Å². The first kappa shape index (κ1) is 12.1. The normalized spacial score (nSPS) is 45.2. The number of rotatable bonds is 1. The van der Waals surface area contributed by atoms with Crippen molar-refractivity contribution in [3.63, 3.8) is 0 Å². The average molecular weight is 224 g/mol. The van der Waals surface area contributed by atoms with E-state index in [0.29, 0.717) is 23.7 Å². The van der Waals surface area contributed by atoms with Gasteiger partial charge < -0.3 is 9.47 Å². The highest BCUT2D eigenvalue weighted by molar-refractivity contribution is 5.08. The molecule has 0 bridgehead atoms. The number of hydrogen-bond acceptors (Lipinski definition) is 2. The van der Waals surface area contributed by atoms with Gasteiger partial charge >= 0.3 is 0 Å². The minimum Gasteiger partial charge on any atom is -0.352 e. The van der Waals surface area contributed by atoms with Crippen LogP contribution in [-0.2, 0) is 9.47 Å². The monoisotopic (exact) mass is 224 g/mol. The molecule has 3 atom stereocenters. The Bertz CT molecular complexity index is 264. The van der Waals surface area contributed by atoms with Gasteiger partial charge in [-0.1, -0.05) is 32.4 Å². The third-order valence-corrected chi connectivity index (χ3v) is 3.86. The van der Waals surface area contributed by atoms with Gasteiger partial charge in [-0.25, -0.2) is 0 Å². The topological polar surface area (TPSA) is 18.5 Å². The summed E-state index contributed by atoms with van der Waals surface area (Å²) in [6.45, 7) is 10.7. The molecule has 2 nitrogen and oxygen atoms in total. The van der Waals surface area contributed by atoms with Crippen molar-refractivity contribution < 1.29 is 9.47 Å². The molecule has 2 aliphatic rings. The first-order valence-corrected chi connectivity index (χ1v) is 6.48. The highest BCUT2D eigenvalue weighted by Crippen LogP contribution is 2.38. The number of hydrogen-bond donors (Lipinski definition) is 0. The molecule has 0 aromatic carbocycles. The minimum absolute atomic E-state index is 0.0190. The Morgan fingerprint density at radius 2 is 1.75 bits per heavy atom. The Morgan fingerprint density at radius 1 is 1.12 bits per heavy atom. The van der Waals surface area contributed by atoms with Gasteiger partial charge in [0.1, 0.15) is 0 Å². The molecule has 0 spiro atoms. The largest absolute Gasteiger partial charge is 0.352 e. The summed E-state index contributed by atoms with van der Waals surface area (Å²) < 4.78 is 11.7. The fourth-order valence-electron chi connectivity index (χ4n) is 3.14. The van der Waals surface area contributed by atoms with Crippen LogP contribution in [0.3, 0.4) is 0 Å². The van der Waals surface area contributed by atoms with Crippen molar-refractivity contribution in [3.05, 3.63) is 11.6 Å². The molecule has 1 saturated heterocycles. The minimum atomic E-state index is 0.0190. The van der Waals surface area contributed by atoms with Crippen LogP contribution in [0.4, 0.5) is 0 Å². The number of allylic oxidation sites excluding steroid dienone is 2. The number of ether oxygens (including phenoxy) is 2. The molecule has 3 unspecified atom stereocenters. The Kier molecular flexibility index (Phi) is 3.70. The predicted molar refractivity (Wildman–Crippen MR) is 65.0 cm³/mol. The summed E-state index contributed by atoms with van der Waals surface area (Å²) in [5.41, 5.74) is 1.51. The molecule has 1 aliphatic carbocycles. The van der Waals surface area contributed by atoms with Crippen LogP contribution in [-0.4, -0.2) is 19.5 Å². The standard InChI is InChI=1S/C14H24O2/c1-9-5-11(3)13(12(4)6-9)14-15-7-10(2)8-16-14/h5,10-14H,6-8H2,1-4H3. The second-order valence-corrected chi connectivity index (χ2v) is 5.77. The maximum atomic E-state index is 5.85. The summed E-state index contributed by atoms with van der Waals surface area (Å²) in [6.07, 6.45) is 3.59. The molecule has 0 aromatic rings. The van der Waals surface area contributed by atoms with E-state index in [0.717, 1.165) is 13.2 Å². The average Bonchev–Trinajstić information content (AvgIpc) is 2.19. The van der Waals surface area contributed by atoms with E-state index in [1.807, 2.05) is 0 Å². The van der Waals surface area contributed by atoms with Crippen molar-refractivity contribution in [2.75, 3.05) is 13.2 Å². The molecular weight excluding hydrogens is 200 g/mol. The second-order valence-electron chi connectivity index (χ2n) is 5.77. The Hall–Kier alpha value is -0.340. The van der Waals surface area contributed by atoms with Gasteiger partial charge in [-0.05, 0) is 25.2 Å². The molecule has 1 fully saturated rings. The van der Waals surface area contributed by atoms with E-state index in [-0.39, 0.29) is 6.29 Å². The van der Waals surface area contributed by atoms with E-state index in [1.165, 1.54) is 12.0 Å². The zero-order valence-electron chi connectivity index (χ0n) is 10.9. The first-order chi connectivity index (χ1) is 7.58. The maximum Gasteiger partial charge on any atom is 0.161 e. The summed E-state index contributed by atoms with van der Waals surface area (Å²) in [7, 11) is 0. The van der Waals surface area contributed by atoms with Gasteiger partial charge in [0.25, 0.3) is 0 Å². The van der Waals surface area contributed by atoms with Crippen LogP contribution in [0.1, 0.15) is 34.1 Å². The maximum absolute atomic E-state index is 5.85. The van der Waals surface area contributed by atoms with Gasteiger partial charge in [-0.2, -0.15) is 0 Å². The van der Waals surface area contributed by atoms with E-state index in [1.54, 1.807) is 0 Å². The van der Waals surface area contributed by atoms with Gasteiger partial charge in [-0.15, -0.1) is 0 Å². The van der Waals surface area contributed by atoms with Crippen molar-refractivity contribution in [2.24, 2.45) is 23.7 Å². The quantitative estimate of drug-likeness (QED) is 0.637. The predicted octanol–water partition coefficient (Wildman–Crippen LogP) is 3.23. The Morgan fingerprint density at radius 3 is 2.31 bits per heavy atom. The molecule has 2 rings (SSSR count). The fraction of sp³-hybridized carbons (Fsp3) is 0.857. The molecule has 0 saturated carbocycles. The molecular formula is C14H24O2. The van der Waals surface area contributed by atoms with Crippen LogP contribution in [0.25, 0.3) is 0 Å². The van der Waals surface area contributed by atoms with E-state index < -0.39 is 0 Å². The van der Waals surface area contributed by atoms with Gasteiger partial charge in [0, 0.05) is 11.8 Å². The summed E-state index contributed by atoms with van der Waals surface area (Å²) in [6, 6.07) is 0. The molecule has 0 radical (unpaired) electrons. The van der Waals surface area contributed by atoms with Crippen molar-refractivity contribution >= 4 is 0 Å². The SMILES string of the molecule is CC1=CC(C)C(C2OCC(C)CO2)C(C)C1. The third-order valence-electron chi connectivity index (χ3n) is 3.86. The Balaban J connectivity index is 2.03. The summed E-state index contributed by atoms with van der Waals surface area (Å²) in [5.74, 6) is 2.31. The molecule has 16 heavy (non-hydrogen) atoms.